The molecule has 0 spiro atoms. The lowest BCUT2D eigenvalue weighted by atomic mass is 10.2. The van der Waals surface area contributed by atoms with Crippen molar-refractivity contribution in [2.45, 2.75) is 45.7 Å². The van der Waals surface area contributed by atoms with Gasteiger partial charge in [0.1, 0.15) is 0 Å². The summed E-state index contributed by atoms with van der Waals surface area (Å²) < 4.78 is 2.31. The monoisotopic (exact) mass is 236 g/mol. The van der Waals surface area contributed by atoms with Crippen molar-refractivity contribution in [3.05, 3.63) is 11.9 Å². The van der Waals surface area contributed by atoms with Crippen molar-refractivity contribution in [1.29, 1.82) is 0 Å². The molecule has 0 saturated carbocycles. The van der Waals surface area contributed by atoms with Crippen LogP contribution in [0.15, 0.2) is 6.20 Å². The summed E-state index contributed by atoms with van der Waals surface area (Å²) in [4.78, 5) is 7.18. The first-order valence-corrected chi connectivity index (χ1v) is 6.71. The normalized spacial score (nSPS) is 20.2. The maximum Gasteiger partial charge on any atom is 0.206 e. The summed E-state index contributed by atoms with van der Waals surface area (Å²) in [7, 11) is 2.03. The van der Waals surface area contributed by atoms with E-state index >= 15 is 0 Å². The van der Waals surface area contributed by atoms with E-state index in [0.29, 0.717) is 6.04 Å². The van der Waals surface area contributed by atoms with Crippen LogP contribution in [0.1, 0.15) is 31.9 Å². The Morgan fingerprint density at radius 3 is 3.06 bits per heavy atom. The van der Waals surface area contributed by atoms with Crippen LogP contribution in [-0.4, -0.2) is 35.7 Å². The van der Waals surface area contributed by atoms with Crippen LogP contribution in [0.25, 0.3) is 0 Å². The fourth-order valence-electron chi connectivity index (χ4n) is 2.72. The van der Waals surface area contributed by atoms with Gasteiger partial charge in [-0.3, -0.25) is 0 Å². The van der Waals surface area contributed by atoms with Gasteiger partial charge in [-0.1, -0.05) is 6.92 Å². The lowest BCUT2D eigenvalue weighted by Gasteiger charge is -2.26. The van der Waals surface area contributed by atoms with Gasteiger partial charge < -0.3 is 14.8 Å². The second kappa shape index (κ2) is 5.54. The molecule has 4 nitrogen and oxygen atoms in total. The molecule has 0 aromatic carbocycles. The van der Waals surface area contributed by atoms with Crippen molar-refractivity contribution in [2.24, 2.45) is 0 Å². The molecule has 1 aliphatic heterocycles. The van der Waals surface area contributed by atoms with Crippen molar-refractivity contribution in [1.82, 2.24) is 14.9 Å². The van der Waals surface area contributed by atoms with Crippen LogP contribution in [0.5, 0.6) is 0 Å². The van der Waals surface area contributed by atoms with E-state index in [1.54, 1.807) is 0 Å². The number of hydrogen-bond donors (Lipinski definition) is 1. The number of aryl methyl sites for hydroxylation is 2. The zero-order chi connectivity index (χ0) is 12.3. The fourth-order valence-corrected chi connectivity index (χ4v) is 2.72. The van der Waals surface area contributed by atoms with Crippen LogP contribution in [0.3, 0.4) is 0 Å². The molecule has 1 unspecified atom stereocenters. The third kappa shape index (κ3) is 2.63. The second-order valence-electron chi connectivity index (χ2n) is 4.92. The number of hydrogen-bond acceptors (Lipinski definition) is 3. The predicted molar refractivity (Wildman–Crippen MR) is 71.5 cm³/mol. The van der Waals surface area contributed by atoms with Gasteiger partial charge in [0.05, 0.1) is 5.69 Å². The molecule has 0 aliphatic carbocycles. The molecule has 17 heavy (non-hydrogen) atoms. The van der Waals surface area contributed by atoms with E-state index in [9.17, 15) is 0 Å². The van der Waals surface area contributed by atoms with Gasteiger partial charge in [-0.2, -0.15) is 0 Å². The topological polar surface area (TPSA) is 33.1 Å². The Labute approximate surface area is 104 Å². The molecular weight excluding hydrogens is 212 g/mol. The predicted octanol–water partition coefficient (Wildman–Crippen LogP) is 1.79. The van der Waals surface area contributed by atoms with E-state index in [1.165, 1.54) is 18.8 Å². The minimum Gasteiger partial charge on any atom is -0.338 e. The van der Waals surface area contributed by atoms with E-state index in [0.717, 1.165) is 31.7 Å². The molecule has 0 amide bonds. The molecule has 0 radical (unpaired) electrons. The minimum absolute atomic E-state index is 0.609. The van der Waals surface area contributed by atoms with E-state index in [2.05, 4.69) is 34.8 Å². The molecular formula is C13H24N4. The zero-order valence-corrected chi connectivity index (χ0v) is 11.2. The highest BCUT2D eigenvalue weighted by Crippen LogP contribution is 2.24. The molecule has 2 heterocycles. The Balaban J connectivity index is 2.19. The molecule has 1 N–H and O–H groups in total. The van der Waals surface area contributed by atoms with Crippen LogP contribution in [-0.2, 0) is 6.54 Å². The van der Waals surface area contributed by atoms with Crippen LogP contribution in [0.2, 0.25) is 0 Å². The number of nitrogens with one attached hydrogen (secondary N) is 1. The average molecular weight is 236 g/mol. The SMILES string of the molecule is CCCn1cc(C)nc1N1CCCC1CNC. The number of likely N-dealkylation sites (N-methyl/N-ethyl adjacent to an activating group) is 1. The summed E-state index contributed by atoms with van der Waals surface area (Å²) in [5.41, 5.74) is 1.13. The summed E-state index contributed by atoms with van der Waals surface area (Å²) in [5.74, 6) is 1.17. The minimum atomic E-state index is 0.609. The molecule has 1 saturated heterocycles. The standard InChI is InChI=1S/C13H24N4/c1-4-7-16-10-11(2)15-13(16)17-8-5-6-12(17)9-14-3/h10,12,14H,4-9H2,1-3H3. The molecule has 4 heteroatoms. The average Bonchev–Trinajstić information content (AvgIpc) is 2.86. The fraction of sp³-hybridized carbons (Fsp3) is 0.769. The van der Waals surface area contributed by atoms with Gasteiger partial charge in [0.2, 0.25) is 5.95 Å². The lowest BCUT2D eigenvalue weighted by Crippen LogP contribution is -2.38. The number of anilines is 1. The van der Waals surface area contributed by atoms with Crippen molar-refractivity contribution in [2.75, 3.05) is 25.0 Å². The summed E-state index contributed by atoms with van der Waals surface area (Å²) in [6, 6.07) is 0.609. The highest BCUT2D eigenvalue weighted by Gasteiger charge is 2.27. The highest BCUT2D eigenvalue weighted by atomic mass is 15.3. The van der Waals surface area contributed by atoms with Crippen LogP contribution >= 0.6 is 0 Å². The van der Waals surface area contributed by atoms with Gasteiger partial charge in [-0.25, -0.2) is 4.98 Å². The van der Waals surface area contributed by atoms with Gasteiger partial charge in [0.15, 0.2) is 0 Å². The van der Waals surface area contributed by atoms with Crippen molar-refractivity contribution >= 4 is 5.95 Å². The number of nitrogens with zero attached hydrogens (tertiary/aromatic N) is 3. The van der Waals surface area contributed by atoms with Gasteiger partial charge in [0.25, 0.3) is 0 Å². The molecule has 1 aromatic heterocycles. The van der Waals surface area contributed by atoms with Crippen molar-refractivity contribution < 1.29 is 0 Å². The lowest BCUT2D eigenvalue weighted by molar-refractivity contribution is 0.586. The molecule has 1 atom stereocenters. The number of rotatable bonds is 5. The van der Waals surface area contributed by atoms with Crippen LogP contribution in [0.4, 0.5) is 5.95 Å². The van der Waals surface area contributed by atoms with Gasteiger partial charge in [-0.05, 0) is 33.2 Å². The van der Waals surface area contributed by atoms with Crippen LogP contribution in [0, 0.1) is 6.92 Å². The first-order chi connectivity index (χ1) is 8.26. The summed E-state index contributed by atoms with van der Waals surface area (Å²) >= 11 is 0. The molecule has 1 aromatic rings. The Kier molecular flexibility index (Phi) is 4.05. The van der Waals surface area contributed by atoms with Crippen molar-refractivity contribution in [3.63, 3.8) is 0 Å². The maximum absolute atomic E-state index is 4.70. The van der Waals surface area contributed by atoms with E-state index in [-0.39, 0.29) is 0 Å². The maximum atomic E-state index is 4.70. The van der Waals surface area contributed by atoms with E-state index < -0.39 is 0 Å². The summed E-state index contributed by atoms with van der Waals surface area (Å²) in [5, 5.41) is 3.29. The third-order valence-electron chi connectivity index (χ3n) is 3.41. The molecule has 1 aliphatic rings. The summed E-state index contributed by atoms with van der Waals surface area (Å²) in [6.07, 6.45) is 5.89. The van der Waals surface area contributed by atoms with Gasteiger partial charge in [-0.15, -0.1) is 0 Å². The molecule has 1 fully saturated rings. The van der Waals surface area contributed by atoms with Crippen LogP contribution < -0.4 is 10.2 Å². The first kappa shape index (κ1) is 12.4. The van der Waals surface area contributed by atoms with E-state index in [1.807, 2.05) is 7.05 Å². The smallest absolute Gasteiger partial charge is 0.206 e. The second-order valence-corrected chi connectivity index (χ2v) is 4.92. The van der Waals surface area contributed by atoms with Gasteiger partial charge in [0, 0.05) is 31.9 Å². The van der Waals surface area contributed by atoms with Gasteiger partial charge >= 0.3 is 0 Å². The largest absolute Gasteiger partial charge is 0.338 e. The number of aromatic nitrogens is 2. The molecule has 0 bridgehead atoms. The highest BCUT2D eigenvalue weighted by molar-refractivity contribution is 5.36. The summed E-state index contributed by atoms with van der Waals surface area (Å²) in [6.45, 7) is 7.57. The Bertz CT molecular complexity index is 358. The van der Waals surface area contributed by atoms with Crippen molar-refractivity contribution in [3.8, 4) is 0 Å². The third-order valence-corrected chi connectivity index (χ3v) is 3.41. The quantitative estimate of drug-likeness (QED) is 0.846. The number of imidazole rings is 1. The zero-order valence-electron chi connectivity index (χ0n) is 11.2. The Morgan fingerprint density at radius 2 is 2.35 bits per heavy atom. The molecule has 2 rings (SSSR count). The van der Waals surface area contributed by atoms with E-state index in [4.69, 9.17) is 4.98 Å². The Morgan fingerprint density at radius 1 is 1.53 bits per heavy atom. The Hall–Kier alpha value is -1.03. The molecule has 96 valence electrons. The first-order valence-electron chi connectivity index (χ1n) is 6.71.